The molecule has 1 saturated heterocycles. The Labute approximate surface area is 206 Å². The maximum atomic E-state index is 13.3. The SMILES string of the molecule is COc1cccc(C(=O)N2CCN(C3=Nc4ccc(C(F)(F)F)cc4Oc4ccccc43)C[C@H]2C)c1. The molecule has 2 aliphatic rings. The topological polar surface area (TPSA) is 54.4 Å². The first-order valence-corrected chi connectivity index (χ1v) is 11.5. The van der Waals surface area contributed by atoms with E-state index in [9.17, 15) is 18.0 Å². The summed E-state index contributed by atoms with van der Waals surface area (Å²) in [4.78, 5) is 21.8. The standard InChI is InChI=1S/C27H24F3N3O3/c1-17-16-32(12-13-33(17)26(34)18-6-5-7-20(14-18)35-2)25-21-8-3-4-9-23(21)36-24-15-19(27(28,29)30)10-11-22(24)31-25/h3-11,14-15,17H,12-13,16H2,1-2H3/t17-/m1/s1. The number of nitrogens with zero attached hydrogens (tertiary/aromatic N) is 3. The number of hydrogen-bond acceptors (Lipinski definition) is 5. The van der Waals surface area contributed by atoms with Gasteiger partial charge in [-0.3, -0.25) is 4.79 Å². The lowest BCUT2D eigenvalue weighted by atomic mass is 10.1. The second kappa shape index (κ2) is 9.22. The number of amides is 1. The second-order valence-electron chi connectivity index (χ2n) is 8.74. The Morgan fingerprint density at radius 1 is 1.03 bits per heavy atom. The third-order valence-electron chi connectivity index (χ3n) is 6.37. The highest BCUT2D eigenvalue weighted by atomic mass is 19.4. The largest absolute Gasteiger partial charge is 0.497 e. The summed E-state index contributed by atoms with van der Waals surface area (Å²) in [6.45, 7) is 3.43. The van der Waals surface area contributed by atoms with Gasteiger partial charge in [0.25, 0.3) is 5.91 Å². The van der Waals surface area contributed by atoms with Gasteiger partial charge in [0.05, 0.1) is 18.2 Å². The van der Waals surface area contributed by atoms with Crippen LogP contribution in [0, 0.1) is 0 Å². The first-order valence-electron chi connectivity index (χ1n) is 11.5. The number of carbonyl (C=O) groups excluding carboxylic acids is 1. The number of piperazine rings is 1. The molecule has 9 heteroatoms. The Morgan fingerprint density at radius 2 is 1.83 bits per heavy atom. The molecule has 2 heterocycles. The molecule has 5 rings (SSSR count). The lowest BCUT2D eigenvalue weighted by Gasteiger charge is -2.41. The van der Waals surface area contributed by atoms with Gasteiger partial charge < -0.3 is 19.3 Å². The first kappa shape index (κ1) is 23.7. The van der Waals surface area contributed by atoms with Crippen molar-refractivity contribution in [3.05, 3.63) is 83.4 Å². The van der Waals surface area contributed by atoms with Crippen molar-refractivity contribution >= 4 is 17.4 Å². The predicted molar refractivity (Wildman–Crippen MR) is 129 cm³/mol. The molecule has 0 spiro atoms. The number of amidine groups is 1. The molecule has 1 amide bonds. The van der Waals surface area contributed by atoms with Gasteiger partial charge in [-0.05, 0) is 55.5 Å². The molecule has 0 unspecified atom stereocenters. The van der Waals surface area contributed by atoms with E-state index in [2.05, 4.69) is 4.90 Å². The maximum Gasteiger partial charge on any atom is 0.416 e. The summed E-state index contributed by atoms with van der Waals surface area (Å²) in [5.41, 5.74) is 0.754. The highest BCUT2D eigenvalue weighted by Gasteiger charge is 2.34. The minimum Gasteiger partial charge on any atom is -0.497 e. The summed E-state index contributed by atoms with van der Waals surface area (Å²) in [5, 5.41) is 0. The summed E-state index contributed by atoms with van der Waals surface area (Å²) in [5.74, 6) is 1.61. The molecule has 36 heavy (non-hydrogen) atoms. The molecule has 6 nitrogen and oxygen atoms in total. The molecule has 1 fully saturated rings. The van der Waals surface area contributed by atoms with Crippen LogP contribution in [0.2, 0.25) is 0 Å². The fourth-order valence-electron chi connectivity index (χ4n) is 4.51. The Hall–Kier alpha value is -4.01. The van der Waals surface area contributed by atoms with Gasteiger partial charge in [0.1, 0.15) is 23.0 Å². The summed E-state index contributed by atoms with van der Waals surface area (Å²) >= 11 is 0. The smallest absolute Gasteiger partial charge is 0.416 e. The minimum absolute atomic E-state index is 0.0483. The third kappa shape index (κ3) is 4.48. The number of aliphatic imine (C=N–C) groups is 1. The van der Waals surface area contributed by atoms with Gasteiger partial charge in [-0.2, -0.15) is 13.2 Å². The quantitative estimate of drug-likeness (QED) is 0.455. The van der Waals surface area contributed by atoms with Crippen molar-refractivity contribution in [2.24, 2.45) is 4.99 Å². The van der Waals surface area contributed by atoms with E-state index in [4.69, 9.17) is 14.5 Å². The molecule has 2 aliphatic heterocycles. The Balaban J connectivity index is 1.45. The Kier molecular flexibility index (Phi) is 6.07. The number of rotatable bonds is 2. The van der Waals surface area contributed by atoms with Crippen molar-refractivity contribution in [3.63, 3.8) is 0 Å². The normalized spacial score (nSPS) is 17.4. The zero-order valence-corrected chi connectivity index (χ0v) is 19.7. The number of halogens is 3. The number of para-hydroxylation sites is 1. The summed E-state index contributed by atoms with van der Waals surface area (Å²) < 4.78 is 51.0. The highest BCUT2D eigenvalue weighted by molar-refractivity contribution is 6.04. The molecule has 0 aliphatic carbocycles. The van der Waals surface area contributed by atoms with Gasteiger partial charge in [-0.1, -0.05) is 18.2 Å². The van der Waals surface area contributed by atoms with Crippen LogP contribution in [0.25, 0.3) is 0 Å². The van der Waals surface area contributed by atoms with Crippen LogP contribution in [0.1, 0.15) is 28.4 Å². The number of carbonyl (C=O) groups is 1. The molecule has 0 bridgehead atoms. The van der Waals surface area contributed by atoms with Crippen LogP contribution in [-0.2, 0) is 6.18 Å². The van der Waals surface area contributed by atoms with E-state index in [1.165, 1.54) is 6.07 Å². The fraction of sp³-hybridized carbons (Fsp3) is 0.259. The molecule has 0 aromatic heterocycles. The predicted octanol–water partition coefficient (Wildman–Crippen LogP) is 5.74. The van der Waals surface area contributed by atoms with Crippen molar-refractivity contribution in [2.45, 2.75) is 19.1 Å². The highest BCUT2D eigenvalue weighted by Crippen LogP contribution is 2.42. The summed E-state index contributed by atoms with van der Waals surface area (Å²) in [7, 11) is 1.56. The summed E-state index contributed by atoms with van der Waals surface area (Å²) in [6, 6.07) is 17.4. The number of ether oxygens (including phenoxy) is 2. The number of alkyl halides is 3. The molecular weight excluding hydrogens is 471 g/mol. The zero-order valence-electron chi connectivity index (χ0n) is 19.7. The van der Waals surface area contributed by atoms with Crippen molar-refractivity contribution in [2.75, 3.05) is 26.7 Å². The van der Waals surface area contributed by atoms with E-state index in [0.717, 1.165) is 12.1 Å². The van der Waals surface area contributed by atoms with Crippen LogP contribution in [0.15, 0.2) is 71.7 Å². The second-order valence-corrected chi connectivity index (χ2v) is 8.74. The molecular formula is C27H24F3N3O3. The average Bonchev–Trinajstić information content (AvgIpc) is 3.04. The van der Waals surface area contributed by atoms with Crippen LogP contribution in [-0.4, -0.2) is 54.3 Å². The monoisotopic (exact) mass is 495 g/mol. The van der Waals surface area contributed by atoms with Gasteiger partial charge in [0, 0.05) is 31.2 Å². The Bertz CT molecular complexity index is 1340. The van der Waals surface area contributed by atoms with Crippen LogP contribution in [0.5, 0.6) is 17.2 Å². The fourth-order valence-corrected chi connectivity index (χ4v) is 4.51. The van der Waals surface area contributed by atoms with E-state index in [0.29, 0.717) is 53.8 Å². The van der Waals surface area contributed by atoms with Gasteiger partial charge >= 0.3 is 6.18 Å². The van der Waals surface area contributed by atoms with Crippen molar-refractivity contribution in [1.29, 1.82) is 0 Å². The molecule has 186 valence electrons. The summed E-state index contributed by atoms with van der Waals surface area (Å²) in [6.07, 6.45) is -4.49. The molecule has 3 aromatic carbocycles. The van der Waals surface area contributed by atoms with E-state index >= 15 is 0 Å². The molecule has 0 N–H and O–H groups in total. The van der Waals surface area contributed by atoms with E-state index in [1.54, 1.807) is 43.5 Å². The lowest BCUT2D eigenvalue weighted by molar-refractivity contribution is -0.137. The van der Waals surface area contributed by atoms with E-state index < -0.39 is 11.7 Å². The molecule has 3 aromatic rings. The van der Waals surface area contributed by atoms with Crippen molar-refractivity contribution in [3.8, 4) is 17.2 Å². The number of fused-ring (bicyclic) bond motifs is 2. The van der Waals surface area contributed by atoms with Gasteiger partial charge in [0.2, 0.25) is 0 Å². The van der Waals surface area contributed by atoms with Gasteiger partial charge in [-0.15, -0.1) is 0 Å². The van der Waals surface area contributed by atoms with Crippen molar-refractivity contribution < 1.29 is 27.4 Å². The van der Waals surface area contributed by atoms with Gasteiger partial charge in [-0.25, -0.2) is 4.99 Å². The molecule has 1 atom stereocenters. The third-order valence-corrected chi connectivity index (χ3v) is 6.37. The number of methoxy groups -OCH3 is 1. The first-order chi connectivity index (χ1) is 17.2. The number of hydrogen-bond donors (Lipinski definition) is 0. The average molecular weight is 496 g/mol. The van der Waals surface area contributed by atoms with Crippen molar-refractivity contribution in [1.82, 2.24) is 9.80 Å². The van der Waals surface area contributed by atoms with Crippen LogP contribution in [0.4, 0.5) is 18.9 Å². The van der Waals surface area contributed by atoms with Gasteiger partial charge in [0.15, 0.2) is 5.75 Å². The van der Waals surface area contributed by atoms with E-state index in [-0.39, 0.29) is 17.7 Å². The van der Waals surface area contributed by atoms with Crippen LogP contribution < -0.4 is 9.47 Å². The lowest BCUT2D eigenvalue weighted by Crippen LogP contribution is -2.55. The molecule has 0 radical (unpaired) electrons. The maximum absolute atomic E-state index is 13.3. The minimum atomic E-state index is -4.49. The van der Waals surface area contributed by atoms with Crippen LogP contribution in [0.3, 0.4) is 0 Å². The molecule has 0 saturated carbocycles. The van der Waals surface area contributed by atoms with E-state index in [1.807, 2.05) is 24.0 Å². The Morgan fingerprint density at radius 3 is 2.58 bits per heavy atom. The zero-order chi connectivity index (χ0) is 25.4. The number of benzene rings is 3. The van der Waals surface area contributed by atoms with Crippen LogP contribution >= 0.6 is 0 Å².